The summed E-state index contributed by atoms with van der Waals surface area (Å²) < 4.78 is 15.6. The van der Waals surface area contributed by atoms with Crippen LogP contribution < -0.4 is 0 Å². The molecule has 1 N–H and O–H groups in total. The highest BCUT2D eigenvalue weighted by molar-refractivity contribution is 5.74. The summed E-state index contributed by atoms with van der Waals surface area (Å²) in [5, 5.41) is 8.00. The molecule has 0 unspecified atom stereocenters. The van der Waals surface area contributed by atoms with E-state index in [4.69, 9.17) is 19.3 Å². The number of ether oxygens (including phenoxy) is 3. The van der Waals surface area contributed by atoms with Crippen LogP contribution in [0, 0.1) is 5.92 Å². The fraction of sp³-hybridized carbons (Fsp3) is 0.594. The van der Waals surface area contributed by atoms with Gasteiger partial charge in [-0.25, -0.2) is 0 Å². The Morgan fingerprint density at radius 2 is 1.49 bits per heavy atom. The van der Waals surface area contributed by atoms with Crippen molar-refractivity contribution in [1.82, 2.24) is 0 Å². The molecule has 0 heterocycles. The first-order chi connectivity index (χ1) is 18.8. The van der Waals surface area contributed by atoms with Crippen LogP contribution in [0.1, 0.15) is 87.1 Å². The highest BCUT2D eigenvalue weighted by Gasteiger charge is 2.19. The zero-order valence-electron chi connectivity index (χ0n) is 24.9. The number of aldehydes is 3. The molecule has 0 saturated heterocycles. The van der Waals surface area contributed by atoms with Gasteiger partial charge in [0.25, 0.3) is 0 Å². The van der Waals surface area contributed by atoms with Gasteiger partial charge in [-0.3, -0.25) is 14.4 Å². The lowest BCUT2D eigenvalue weighted by Crippen LogP contribution is -2.20. The second-order valence-electron chi connectivity index (χ2n) is 9.66. The summed E-state index contributed by atoms with van der Waals surface area (Å²) in [6.45, 7) is 11.4. The van der Waals surface area contributed by atoms with Gasteiger partial charge in [0.1, 0.15) is 18.9 Å². The van der Waals surface area contributed by atoms with E-state index in [0.29, 0.717) is 36.7 Å². The van der Waals surface area contributed by atoms with Crippen LogP contribution >= 0.6 is 0 Å². The Kier molecular flexibility index (Phi) is 26.9. The van der Waals surface area contributed by atoms with Crippen LogP contribution in [0.5, 0.6) is 0 Å². The lowest BCUT2D eigenvalue weighted by Gasteiger charge is -2.27. The van der Waals surface area contributed by atoms with Gasteiger partial charge >= 0.3 is 0 Å². The van der Waals surface area contributed by atoms with Crippen molar-refractivity contribution in [3.8, 4) is 0 Å². The first-order valence-electron chi connectivity index (χ1n) is 13.7. The molecule has 2 rings (SSSR count). The molecule has 1 fully saturated rings. The number of hydrogen-bond acceptors (Lipinski definition) is 7. The third kappa shape index (κ3) is 22.1. The summed E-state index contributed by atoms with van der Waals surface area (Å²) in [6, 6.07) is 7.49. The molecule has 39 heavy (non-hydrogen) atoms. The van der Waals surface area contributed by atoms with Gasteiger partial charge in [-0.15, -0.1) is 0 Å². The number of benzene rings is 1. The summed E-state index contributed by atoms with van der Waals surface area (Å²) in [7, 11) is 5.19. The Hall–Kier alpha value is -2.45. The van der Waals surface area contributed by atoms with Gasteiger partial charge in [-0.1, -0.05) is 70.0 Å². The van der Waals surface area contributed by atoms with Crippen LogP contribution in [0.3, 0.4) is 0 Å². The summed E-state index contributed by atoms with van der Waals surface area (Å²) in [5.41, 5.74) is 2.61. The zero-order valence-corrected chi connectivity index (χ0v) is 24.9. The number of unbranched alkanes of at least 4 members (excludes halogenated alkanes) is 2. The van der Waals surface area contributed by atoms with Crippen LogP contribution in [0.15, 0.2) is 48.6 Å². The fourth-order valence-electron chi connectivity index (χ4n) is 3.87. The van der Waals surface area contributed by atoms with Crippen molar-refractivity contribution in [3.63, 3.8) is 0 Å². The van der Waals surface area contributed by atoms with Crippen molar-refractivity contribution in [2.45, 2.75) is 77.2 Å². The summed E-state index contributed by atoms with van der Waals surface area (Å²) >= 11 is 0. The molecule has 0 amide bonds. The topological polar surface area (TPSA) is 99.1 Å². The maximum Gasteiger partial charge on any atom is 0.150 e. The van der Waals surface area contributed by atoms with Crippen molar-refractivity contribution in [2.24, 2.45) is 5.92 Å². The molecule has 0 radical (unpaired) electrons. The van der Waals surface area contributed by atoms with Gasteiger partial charge < -0.3 is 19.3 Å². The molecule has 7 heteroatoms. The molecule has 0 aliphatic heterocycles. The second kappa shape index (κ2) is 27.1. The molecular weight excluding hydrogens is 496 g/mol. The predicted octanol–water partition coefficient (Wildman–Crippen LogP) is 6.14. The molecule has 1 aliphatic rings. The number of aliphatic hydroxyl groups is 1. The monoisotopic (exact) mass is 548 g/mol. The molecule has 0 atom stereocenters. The Bertz CT molecular complexity index is 756. The number of allylic oxidation sites excluding steroid dienone is 1. The van der Waals surface area contributed by atoms with Gasteiger partial charge in [0.05, 0.1) is 25.9 Å². The van der Waals surface area contributed by atoms with E-state index in [9.17, 15) is 14.4 Å². The van der Waals surface area contributed by atoms with E-state index in [0.717, 1.165) is 24.1 Å². The number of hydrogen-bond donors (Lipinski definition) is 1. The molecular formula is C32H52O7. The van der Waals surface area contributed by atoms with Gasteiger partial charge in [-0.05, 0) is 49.7 Å². The smallest absolute Gasteiger partial charge is 0.150 e. The minimum atomic E-state index is -0.233. The summed E-state index contributed by atoms with van der Waals surface area (Å²) in [5.74, 6) is 1.23. The molecule has 1 aromatic carbocycles. The Morgan fingerprint density at radius 3 is 1.82 bits per heavy atom. The number of aliphatic hydroxyl groups excluding tert-OH is 1. The third-order valence-electron chi connectivity index (χ3n) is 6.19. The standard InChI is InChI=1S/C12H16O3.C12H24O.C4H6O2.C4H6O/c1-14-8-12(9-15-2)11-5-3-10(7-13)4-6-11;1-3-4-5-6-11-7-9-12(13-2)10-8-11;1-4(2-5)3-6;1-4(2)3-5/h3-7,12H,8-9H2,1-2H3;11-12H,3-10H2,1-2H3;2,6H,1,3H2;3H,1H2,2H3. The third-order valence-corrected chi connectivity index (χ3v) is 6.19. The van der Waals surface area contributed by atoms with Crippen LogP contribution in [-0.4, -0.2) is 71.2 Å². The SMILES string of the molecule is C=C(C)C=O.C=C(C=O)CO.CCCCCC1CCC(OC)CC1.COCC(COC)c1ccc(C=O)cc1. The van der Waals surface area contributed by atoms with E-state index in [-0.39, 0.29) is 18.1 Å². The number of carbonyl (C=O) groups excluding carboxylic acids is 3. The lowest BCUT2D eigenvalue weighted by molar-refractivity contribution is -0.105. The predicted molar refractivity (Wildman–Crippen MR) is 158 cm³/mol. The first kappa shape index (κ1) is 38.7. The van der Waals surface area contributed by atoms with Gasteiger partial charge in [-0.2, -0.15) is 0 Å². The van der Waals surface area contributed by atoms with Crippen molar-refractivity contribution in [3.05, 3.63) is 59.7 Å². The largest absolute Gasteiger partial charge is 0.392 e. The molecule has 222 valence electrons. The fourth-order valence-corrected chi connectivity index (χ4v) is 3.87. The summed E-state index contributed by atoms with van der Waals surface area (Å²) in [4.78, 5) is 29.4. The minimum absolute atomic E-state index is 0.218. The van der Waals surface area contributed by atoms with E-state index in [1.807, 2.05) is 19.2 Å². The van der Waals surface area contributed by atoms with Crippen molar-refractivity contribution in [1.29, 1.82) is 0 Å². The highest BCUT2D eigenvalue weighted by Crippen LogP contribution is 2.29. The number of methoxy groups -OCH3 is 3. The van der Waals surface area contributed by atoms with Crippen LogP contribution in [0.2, 0.25) is 0 Å². The van der Waals surface area contributed by atoms with Crippen LogP contribution in [0.4, 0.5) is 0 Å². The van der Waals surface area contributed by atoms with Crippen molar-refractivity contribution in [2.75, 3.05) is 41.2 Å². The van der Waals surface area contributed by atoms with Gasteiger partial charge in [0.15, 0.2) is 0 Å². The normalized spacial score (nSPS) is 15.8. The van der Waals surface area contributed by atoms with Gasteiger partial charge in [0.2, 0.25) is 0 Å². The van der Waals surface area contributed by atoms with Crippen LogP contribution in [0.25, 0.3) is 0 Å². The Balaban J connectivity index is 0. The molecule has 1 saturated carbocycles. The van der Waals surface area contributed by atoms with Crippen LogP contribution in [-0.2, 0) is 23.8 Å². The summed E-state index contributed by atoms with van der Waals surface area (Å²) in [6.07, 6.45) is 13.7. The van der Waals surface area contributed by atoms with E-state index in [1.165, 1.54) is 51.4 Å². The van der Waals surface area contributed by atoms with Gasteiger partial charge in [0, 0.05) is 38.4 Å². The average molecular weight is 549 g/mol. The number of rotatable bonds is 14. The second-order valence-corrected chi connectivity index (χ2v) is 9.66. The molecule has 7 nitrogen and oxygen atoms in total. The molecule has 1 aliphatic carbocycles. The first-order valence-corrected chi connectivity index (χ1v) is 13.7. The molecule has 0 aromatic heterocycles. The number of carbonyl (C=O) groups is 3. The lowest BCUT2D eigenvalue weighted by atomic mass is 9.84. The van der Waals surface area contributed by atoms with Crippen molar-refractivity contribution >= 4 is 18.9 Å². The molecule has 0 bridgehead atoms. The maximum atomic E-state index is 10.5. The Morgan fingerprint density at radius 1 is 0.949 bits per heavy atom. The van der Waals surface area contributed by atoms with E-state index in [2.05, 4.69) is 20.1 Å². The van der Waals surface area contributed by atoms with Crippen molar-refractivity contribution < 1.29 is 33.7 Å². The molecule has 0 spiro atoms. The zero-order chi connectivity index (χ0) is 29.9. The Labute approximate surface area is 236 Å². The van der Waals surface area contributed by atoms with E-state index in [1.54, 1.807) is 33.3 Å². The maximum absolute atomic E-state index is 10.5. The minimum Gasteiger partial charge on any atom is -0.392 e. The quantitative estimate of drug-likeness (QED) is 0.169. The highest BCUT2D eigenvalue weighted by atomic mass is 16.5. The molecule has 1 aromatic rings. The van der Waals surface area contributed by atoms with E-state index >= 15 is 0 Å². The average Bonchev–Trinajstić information content (AvgIpc) is 2.98. The van der Waals surface area contributed by atoms with E-state index < -0.39 is 0 Å².